The summed E-state index contributed by atoms with van der Waals surface area (Å²) in [4.78, 5) is 7.33. The number of hydrogen-bond acceptors (Lipinski definition) is 0. The van der Waals surface area contributed by atoms with Gasteiger partial charge in [-0.15, -0.1) is 0 Å². The van der Waals surface area contributed by atoms with E-state index < -0.39 is 0 Å². The number of aromatic amines is 2. The quantitative estimate of drug-likeness (QED) is 0.235. The summed E-state index contributed by atoms with van der Waals surface area (Å²) in [7, 11) is 0. The maximum absolute atomic E-state index is 3.66. The number of rotatable bonds is 0. The first-order chi connectivity index (χ1) is 18.8. The second kappa shape index (κ2) is 6.36. The van der Waals surface area contributed by atoms with E-state index in [1.165, 1.54) is 87.1 Å². The van der Waals surface area contributed by atoms with E-state index in [2.05, 4.69) is 128 Å². The molecule has 0 amide bonds. The van der Waals surface area contributed by atoms with E-state index in [9.17, 15) is 0 Å². The maximum Gasteiger partial charge on any atom is 0.131 e. The van der Waals surface area contributed by atoms with Crippen molar-refractivity contribution in [2.75, 3.05) is 0 Å². The molecule has 0 saturated heterocycles. The van der Waals surface area contributed by atoms with Crippen LogP contribution in [-0.4, -0.2) is 18.8 Å². The molecular formula is C34H20N4. The van der Waals surface area contributed by atoms with Crippen molar-refractivity contribution in [1.82, 2.24) is 18.8 Å². The number of benzene rings is 4. The molecule has 9 aromatic rings. The third-order valence-electron chi connectivity index (χ3n) is 8.50. The molecule has 4 aromatic carbocycles. The first kappa shape index (κ1) is 19.0. The molecule has 2 N–H and O–H groups in total. The van der Waals surface area contributed by atoms with Gasteiger partial charge in [-0.1, -0.05) is 60.7 Å². The van der Waals surface area contributed by atoms with Gasteiger partial charge in [0.1, 0.15) is 5.65 Å². The Morgan fingerprint density at radius 2 is 0.947 bits per heavy atom. The molecule has 0 unspecified atom stereocenters. The van der Waals surface area contributed by atoms with Crippen molar-refractivity contribution in [1.29, 1.82) is 0 Å². The molecule has 0 radical (unpaired) electrons. The first-order valence-electron chi connectivity index (χ1n) is 13.0. The lowest BCUT2D eigenvalue weighted by molar-refractivity contribution is 1.21. The van der Waals surface area contributed by atoms with E-state index in [0.717, 1.165) is 0 Å². The van der Waals surface area contributed by atoms with Crippen molar-refractivity contribution < 1.29 is 0 Å². The molecule has 5 aromatic heterocycles. The third-order valence-corrected chi connectivity index (χ3v) is 8.50. The van der Waals surface area contributed by atoms with E-state index in [1.807, 2.05) is 0 Å². The minimum atomic E-state index is 1.17. The number of para-hydroxylation sites is 2. The van der Waals surface area contributed by atoms with Crippen LogP contribution in [-0.2, 0) is 0 Å². The number of H-pyrrole nitrogens is 2. The molecule has 0 atom stereocenters. The van der Waals surface area contributed by atoms with Crippen molar-refractivity contribution in [2.45, 2.75) is 0 Å². The Bertz CT molecular complexity index is 2480. The van der Waals surface area contributed by atoms with Gasteiger partial charge < -0.3 is 9.97 Å². The zero-order valence-corrected chi connectivity index (χ0v) is 20.3. The van der Waals surface area contributed by atoms with E-state index in [1.54, 1.807) is 0 Å². The molecule has 4 heteroatoms. The first-order valence-corrected chi connectivity index (χ1v) is 13.0. The van der Waals surface area contributed by atoms with Gasteiger partial charge in [0.15, 0.2) is 0 Å². The van der Waals surface area contributed by atoms with Crippen molar-refractivity contribution in [3.8, 4) is 0 Å². The van der Waals surface area contributed by atoms with Crippen LogP contribution in [0.2, 0.25) is 0 Å². The maximum atomic E-state index is 3.66. The van der Waals surface area contributed by atoms with Crippen LogP contribution in [0, 0.1) is 0 Å². The largest absolute Gasteiger partial charge is 0.354 e. The summed E-state index contributed by atoms with van der Waals surface area (Å²) in [6, 6.07) is 26.7. The Morgan fingerprint density at radius 3 is 1.47 bits per heavy atom. The molecular weight excluding hydrogens is 464 g/mol. The molecule has 0 bridgehead atoms. The van der Waals surface area contributed by atoms with E-state index in [0.29, 0.717) is 0 Å². The molecule has 0 spiro atoms. The average molecular weight is 485 g/mol. The van der Waals surface area contributed by atoms with Gasteiger partial charge in [-0.2, -0.15) is 0 Å². The van der Waals surface area contributed by atoms with Crippen molar-refractivity contribution in [2.24, 2.45) is 0 Å². The van der Waals surface area contributed by atoms with Crippen molar-refractivity contribution in [3.05, 3.63) is 108 Å². The summed E-state index contributed by atoms with van der Waals surface area (Å²) in [5.41, 5.74) is 8.40. The topological polar surface area (TPSA) is 40.4 Å². The number of nitrogens with one attached hydrogen (secondary N) is 2. The zero-order chi connectivity index (χ0) is 24.5. The van der Waals surface area contributed by atoms with Crippen LogP contribution in [0.4, 0.5) is 0 Å². The Hall–Kier alpha value is -5.22. The van der Waals surface area contributed by atoms with Gasteiger partial charge >= 0.3 is 0 Å². The molecule has 10 rings (SSSR count). The molecule has 5 heterocycles. The minimum absolute atomic E-state index is 1.17. The van der Waals surface area contributed by atoms with Gasteiger partial charge in [0.25, 0.3) is 0 Å². The standard InChI is InChI=1S/C34H20N4/c1-2-4-14-30-29(13-3-1)37-31-17-27-21(19-9-5-7-11-25(19)35-27)15-23(31)33-24-16-22-20-10-6-8-12-26(20)36-28(22)18-32(24)38(30)34(33)37/h1-18,35-36H/b2-1?,3-1?,4-2?,13-3?,14-4?,29-13+,30-14+. The minimum Gasteiger partial charge on any atom is -0.354 e. The second-order valence-electron chi connectivity index (χ2n) is 10.4. The van der Waals surface area contributed by atoms with Gasteiger partial charge in [-0.25, -0.2) is 0 Å². The summed E-state index contributed by atoms with van der Waals surface area (Å²) >= 11 is 0. The average Bonchev–Trinajstić information content (AvgIpc) is 3.69. The Kier molecular flexibility index (Phi) is 3.18. The lowest BCUT2D eigenvalue weighted by Crippen LogP contribution is -2.29. The van der Waals surface area contributed by atoms with Crippen LogP contribution in [0.5, 0.6) is 0 Å². The highest BCUT2D eigenvalue weighted by Crippen LogP contribution is 2.41. The lowest BCUT2D eigenvalue weighted by Gasteiger charge is -1.98. The van der Waals surface area contributed by atoms with Crippen LogP contribution in [0.25, 0.3) is 88.6 Å². The van der Waals surface area contributed by atoms with Gasteiger partial charge in [-0.05, 0) is 48.6 Å². The van der Waals surface area contributed by atoms with Gasteiger partial charge in [0, 0.05) is 59.8 Å². The number of fused-ring (bicyclic) bond motifs is 15. The predicted octanol–water partition coefficient (Wildman–Crippen LogP) is 6.89. The molecule has 0 aliphatic heterocycles. The van der Waals surface area contributed by atoms with Crippen molar-refractivity contribution in [3.63, 3.8) is 0 Å². The molecule has 0 fully saturated rings. The molecule has 1 aliphatic carbocycles. The second-order valence-corrected chi connectivity index (χ2v) is 10.4. The number of imidazole rings is 1. The smallest absolute Gasteiger partial charge is 0.131 e. The van der Waals surface area contributed by atoms with E-state index >= 15 is 0 Å². The molecule has 0 saturated carbocycles. The van der Waals surface area contributed by atoms with Crippen LogP contribution < -0.4 is 10.7 Å². The molecule has 1 aliphatic rings. The predicted molar refractivity (Wildman–Crippen MR) is 160 cm³/mol. The summed E-state index contributed by atoms with van der Waals surface area (Å²) in [6.07, 6.45) is 13.0. The van der Waals surface area contributed by atoms with Crippen LogP contribution in [0.15, 0.2) is 97.1 Å². The zero-order valence-electron chi connectivity index (χ0n) is 20.3. The number of hydrogen-bond donors (Lipinski definition) is 2. The number of nitrogens with zero attached hydrogens (tertiary/aromatic N) is 2. The Balaban J connectivity index is 1.53. The third kappa shape index (κ3) is 2.11. The van der Waals surface area contributed by atoms with Crippen molar-refractivity contribution >= 4 is 88.6 Å². The highest BCUT2D eigenvalue weighted by Gasteiger charge is 2.23. The Labute approximate surface area is 215 Å². The number of aromatic nitrogens is 4. The fraction of sp³-hybridized carbons (Fsp3) is 0. The highest BCUT2D eigenvalue weighted by atomic mass is 15.1. The summed E-state index contributed by atoms with van der Waals surface area (Å²) in [5.74, 6) is 0. The molecule has 176 valence electrons. The van der Waals surface area contributed by atoms with Crippen LogP contribution >= 0.6 is 0 Å². The summed E-state index contributed by atoms with van der Waals surface area (Å²) < 4.78 is 4.91. The fourth-order valence-electron chi connectivity index (χ4n) is 6.94. The van der Waals surface area contributed by atoms with Gasteiger partial charge in [-0.3, -0.25) is 8.80 Å². The van der Waals surface area contributed by atoms with Gasteiger partial charge in [0.2, 0.25) is 0 Å². The molecule has 38 heavy (non-hydrogen) atoms. The summed E-state index contributed by atoms with van der Waals surface area (Å²) in [6.45, 7) is 0. The fourth-order valence-corrected chi connectivity index (χ4v) is 6.94. The monoisotopic (exact) mass is 484 g/mol. The highest BCUT2D eigenvalue weighted by molar-refractivity contribution is 6.27. The van der Waals surface area contributed by atoms with Crippen LogP contribution in [0.1, 0.15) is 0 Å². The number of allylic oxidation sites excluding steroid dienone is 4. The Morgan fingerprint density at radius 1 is 0.447 bits per heavy atom. The van der Waals surface area contributed by atoms with E-state index in [4.69, 9.17) is 0 Å². The SMILES string of the molecule is C1=C/C=c2\c(n3c4cc5[nH]c6ccccc6c5cc4c4c5cc6c(cc5n2c43)[nH]c2ccccc26)=C/C=C1. The molecule has 4 nitrogen and oxygen atoms in total. The van der Waals surface area contributed by atoms with Crippen LogP contribution in [0.3, 0.4) is 0 Å². The van der Waals surface area contributed by atoms with Gasteiger partial charge in [0.05, 0.1) is 21.7 Å². The van der Waals surface area contributed by atoms with E-state index in [-0.39, 0.29) is 0 Å². The normalized spacial score (nSPS) is 15.8. The lowest BCUT2D eigenvalue weighted by atomic mass is 10.1. The summed E-state index contributed by atoms with van der Waals surface area (Å²) in [5, 5.41) is 11.4.